The number of carbonyl (C=O) groups excluding carboxylic acids is 1. The molecule has 1 aliphatic carbocycles. The maximum absolute atomic E-state index is 12.7. The summed E-state index contributed by atoms with van der Waals surface area (Å²) in [4.78, 5) is 29.7. The monoisotopic (exact) mass is 405 g/mol. The van der Waals surface area contributed by atoms with Crippen LogP contribution in [0.3, 0.4) is 0 Å². The van der Waals surface area contributed by atoms with Crippen LogP contribution in [0.5, 0.6) is 0 Å². The van der Waals surface area contributed by atoms with Crippen LogP contribution in [0.2, 0.25) is 0 Å². The summed E-state index contributed by atoms with van der Waals surface area (Å²) in [5, 5.41) is 3.66. The highest BCUT2D eigenvalue weighted by atomic mass is 79.9. The van der Waals surface area contributed by atoms with Crippen LogP contribution in [-0.4, -0.2) is 21.2 Å². The van der Waals surface area contributed by atoms with E-state index < -0.39 is 0 Å². The number of thioether (sulfide) groups is 1. The Morgan fingerprint density at radius 1 is 1.33 bits per heavy atom. The lowest BCUT2D eigenvalue weighted by molar-refractivity contribution is -0.116. The number of benzene rings is 1. The van der Waals surface area contributed by atoms with Crippen LogP contribution in [0, 0.1) is 0 Å². The molecule has 1 unspecified atom stereocenters. The van der Waals surface area contributed by atoms with E-state index in [1.54, 1.807) is 16.3 Å². The molecule has 2 heterocycles. The Balaban J connectivity index is 1.52. The number of rotatable bonds is 3. The van der Waals surface area contributed by atoms with Gasteiger partial charge in [0.05, 0.1) is 11.7 Å². The highest BCUT2D eigenvalue weighted by molar-refractivity contribution is 9.10. The number of halogens is 1. The molecule has 1 N–H and O–H groups in total. The lowest BCUT2D eigenvalue weighted by Gasteiger charge is -2.14. The van der Waals surface area contributed by atoms with Crippen molar-refractivity contribution in [2.24, 2.45) is 0 Å². The molecule has 1 aliphatic heterocycles. The standard InChI is InChI=1S/C17H16BrN3O2S/c18-10-4-6-11(7-5-10)19-15(22)8-12-9-24-17-20-14-3-1-2-13(14)16(23)21(12)17/h4-7,12H,1-3,8-9H2,(H,19,22). The molecule has 2 aliphatic rings. The summed E-state index contributed by atoms with van der Waals surface area (Å²) >= 11 is 4.94. The fourth-order valence-electron chi connectivity index (χ4n) is 3.26. The van der Waals surface area contributed by atoms with Gasteiger partial charge < -0.3 is 5.32 Å². The zero-order valence-electron chi connectivity index (χ0n) is 12.9. The molecule has 0 saturated heterocycles. The first-order valence-corrected chi connectivity index (χ1v) is 9.72. The van der Waals surface area contributed by atoms with Crippen LogP contribution in [0.1, 0.15) is 30.1 Å². The first kappa shape index (κ1) is 15.9. The van der Waals surface area contributed by atoms with Gasteiger partial charge >= 0.3 is 0 Å². The molecular formula is C17H16BrN3O2S. The molecule has 0 spiro atoms. The first-order chi connectivity index (χ1) is 11.6. The van der Waals surface area contributed by atoms with Crippen molar-refractivity contribution in [1.82, 2.24) is 9.55 Å². The number of fused-ring (bicyclic) bond motifs is 2. The number of hydrogen-bond acceptors (Lipinski definition) is 4. The van der Waals surface area contributed by atoms with Gasteiger partial charge in [-0.15, -0.1) is 0 Å². The number of carbonyl (C=O) groups is 1. The van der Waals surface area contributed by atoms with Crippen molar-refractivity contribution in [3.8, 4) is 0 Å². The molecule has 2 aromatic rings. The van der Waals surface area contributed by atoms with Gasteiger partial charge in [-0.1, -0.05) is 27.7 Å². The molecular weight excluding hydrogens is 390 g/mol. The van der Waals surface area contributed by atoms with E-state index in [-0.39, 0.29) is 23.9 Å². The third-order valence-electron chi connectivity index (χ3n) is 4.42. The van der Waals surface area contributed by atoms with Crippen molar-refractivity contribution < 1.29 is 4.79 Å². The fourth-order valence-corrected chi connectivity index (χ4v) is 4.68. The Morgan fingerprint density at radius 3 is 2.92 bits per heavy atom. The Kier molecular flexibility index (Phi) is 4.22. The molecule has 1 aromatic heterocycles. The van der Waals surface area contributed by atoms with E-state index in [2.05, 4.69) is 26.2 Å². The summed E-state index contributed by atoms with van der Waals surface area (Å²) in [6, 6.07) is 7.34. The van der Waals surface area contributed by atoms with Crippen LogP contribution in [-0.2, 0) is 17.6 Å². The van der Waals surface area contributed by atoms with E-state index in [9.17, 15) is 9.59 Å². The largest absolute Gasteiger partial charge is 0.326 e. The minimum Gasteiger partial charge on any atom is -0.326 e. The number of nitrogens with zero attached hydrogens (tertiary/aromatic N) is 2. The van der Waals surface area contributed by atoms with Gasteiger partial charge in [-0.25, -0.2) is 4.98 Å². The second-order valence-electron chi connectivity index (χ2n) is 6.07. The molecule has 5 nitrogen and oxygen atoms in total. The molecule has 0 fully saturated rings. The lowest BCUT2D eigenvalue weighted by Crippen LogP contribution is -2.30. The molecule has 0 bridgehead atoms. The van der Waals surface area contributed by atoms with E-state index in [0.717, 1.165) is 51.6 Å². The molecule has 7 heteroatoms. The van der Waals surface area contributed by atoms with E-state index in [4.69, 9.17) is 0 Å². The Bertz CT molecular complexity index is 863. The molecule has 1 atom stereocenters. The van der Waals surface area contributed by atoms with Crippen LogP contribution in [0.25, 0.3) is 0 Å². The van der Waals surface area contributed by atoms with Crippen molar-refractivity contribution in [3.05, 3.63) is 50.3 Å². The zero-order chi connectivity index (χ0) is 16.7. The van der Waals surface area contributed by atoms with Gasteiger partial charge in [0.1, 0.15) is 0 Å². The Morgan fingerprint density at radius 2 is 2.12 bits per heavy atom. The summed E-state index contributed by atoms with van der Waals surface area (Å²) < 4.78 is 2.70. The van der Waals surface area contributed by atoms with Gasteiger partial charge in [-0.3, -0.25) is 14.2 Å². The molecule has 24 heavy (non-hydrogen) atoms. The van der Waals surface area contributed by atoms with Gasteiger partial charge in [-0.2, -0.15) is 0 Å². The second kappa shape index (κ2) is 6.37. The quantitative estimate of drug-likeness (QED) is 0.796. The van der Waals surface area contributed by atoms with Crippen molar-refractivity contribution in [2.45, 2.75) is 36.9 Å². The predicted molar refractivity (Wildman–Crippen MR) is 97.7 cm³/mol. The average molecular weight is 406 g/mol. The number of hydrogen-bond donors (Lipinski definition) is 1. The third-order valence-corrected chi connectivity index (χ3v) is 6.05. The molecule has 4 rings (SSSR count). The summed E-state index contributed by atoms with van der Waals surface area (Å²) in [5.74, 6) is 0.641. The number of aromatic nitrogens is 2. The highest BCUT2D eigenvalue weighted by Gasteiger charge is 2.31. The first-order valence-electron chi connectivity index (χ1n) is 7.94. The topological polar surface area (TPSA) is 64.0 Å². The summed E-state index contributed by atoms with van der Waals surface area (Å²) in [7, 11) is 0. The fraction of sp³-hybridized carbons (Fsp3) is 0.353. The number of amides is 1. The number of nitrogens with one attached hydrogen (secondary N) is 1. The minimum atomic E-state index is -0.119. The number of anilines is 1. The van der Waals surface area contributed by atoms with E-state index in [1.807, 2.05) is 24.3 Å². The molecule has 0 radical (unpaired) electrons. The van der Waals surface area contributed by atoms with Crippen LogP contribution in [0.4, 0.5) is 5.69 Å². The summed E-state index contributed by atoms with van der Waals surface area (Å²) in [6.07, 6.45) is 2.99. The third kappa shape index (κ3) is 2.91. The highest BCUT2D eigenvalue weighted by Crippen LogP contribution is 2.34. The summed E-state index contributed by atoms with van der Waals surface area (Å²) in [6.45, 7) is 0. The normalized spacial score (nSPS) is 18.3. The predicted octanol–water partition coefficient (Wildman–Crippen LogP) is 3.17. The van der Waals surface area contributed by atoms with E-state index >= 15 is 0 Å². The summed E-state index contributed by atoms with van der Waals surface area (Å²) in [5.41, 5.74) is 2.62. The zero-order valence-corrected chi connectivity index (χ0v) is 15.3. The van der Waals surface area contributed by atoms with Crippen molar-refractivity contribution in [1.29, 1.82) is 0 Å². The maximum Gasteiger partial charge on any atom is 0.257 e. The van der Waals surface area contributed by atoms with E-state index in [0.29, 0.717) is 0 Å². The SMILES string of the molecule is O=C(CC1CSc2nc3c(c(=O)n21)CCC3)Nc1ccc(Br)cc1. The van der Waals surface area contributed by atoms with Crippen molar-refractivity contribution >= 4 is 39.3 Å². The molecule has 0 saturated carbocycles. The number of aryl methyl sites for hydroxylation is 1. The van der Waals surface area contributed by atoms with Crippen LogP contribution < -0.4 is 10.9 Å². The van der Waals surface area contributed by atoms with Gasteiger partial charge in [0, 0.05) is 27.9 Å². The van der Waals surface area contributed by atoms with Crippen LogP contribution >= 0.6 is 27.7 Å². The molecule has 124 valence electrons. The minimum absolute atomic E-state index is 0.0546. The van der Waals surface area contributed by atoms with E-state index in [1.165, 1.54) is 0 Å². The molecule has 1 amide bonds. The second-order valence-corrected chi connectivity index (χ2v) is 7.98. The van der Waals surface area contributed by atoms with Gasteiger partial charge in [0.25, 0.3) is 5.56 Å². The average Bonchev–Trinajstić information content (AvgIpc) is 3.17. The lowest BCUT2D eigenvalue weighted by atomic mass is 10.2. The van der Waals surface area contributed by atoms with Gasteiger partial charge in [0.2, 0.25) is 5.91 Å². The van der Waals surface area contributed by atoms with Crippen molar-refractivity contribution in [2.75, 3.05) is 11.1 Å². The van der Waals surface area contributed by atoms with Crippen molar-refractivity contribution in [3.63, 3.8) is 0 Å². The smallest absolute Gasteiger partial charge is 0.257 e. The van der Waals surface area contributed by atoms with Gasteiger partial charge in [0.15, 0.2) is 5.16 Å². The Hall–Kier alpha value is -1.60. The van der Waals surface area contributed by atoms with Gasteiger partial charge in [-0.05, 0) is 43.5 Å². The Labute approximate surface area is 152 Å². The van der Waals surface area contributed by atoms with Crippen LogP contribution in [0.15, 0.2) is 38.7 Å². The molecule has 1 aromatic carbocycles. The maximum atomic E-state index is 12.7.